The number of amides is 3. The molecule has 0 aliphatic rings. The molecule has 0 saturated carbocycles. The average Bonchev–Trinajstić information content (AvgIpc) is 3.06. The number of anilines is 1. The molecule has 138 valence electrons. The average molecular weight is 383 g/mol. The van der Waals surface area contributed by atoms with E-state index in [1.807, 2.05) is 0 Å². The molecular weight excluding hydrogens is 366 g/mol. The van der Waals surface area contributed by atoms with E-state index in [4.69, 9.17) is 0 Å². The molecule has 0 radical (unpaired) electrons. The lowest BCUT2D eigenvalue weighted by Gasteiger charge is -2.07. The van der Waals surface area contributed by atoms with Gasteiger partial charge in [0.2, 0.25) is 5.91 Å². The summed E-state index contributed by atoms with van der Waals surface area (Å²) < 4.78 is 0.803. The molecule has 0 unspecified atom stereocenters. The Kier molecular flexibility index (Phi) is 5.72. The highest BCUT2D eigenvalue weighted by atomic mass is 32.1. The summed E-state index contributed by atoms with van der Waals surface area (Å²) in [4.78, 5) is 43.4. The molecule has 3 N–H and O–H groups in total. The second-order valence-electron chi connectivity index (χ2n) is 5.63. The summed E-state index contributed by atoms with van der Waals surface area (Å²) in [6, 6.07) is 8.37. The maximum Gasteiger partial charge on any atom is 0.251 e. The largest absolute Gasteiger partial charge is 0.350 e. The van der Waals surface area contributed by atoms with Crippen molar-refractivity contribution in [3.63, 3.8) is 0 Å². The normalized spacial score (nSPS) is 10.4. The monoisotopic (exact) mass is 383 g/mol. The molecule has 27 heavy (non-hydrogen) atoms. The molecule has 1 aromatic carbocycles. The van der Waals surface area contributed by atoms with Crippen LogP contribution in [0, 0.1) is 0 Å². The van der Waals surface area contributed by atoms with Gasteiger partial charge in [-0.15, -0.1) is 0 Å². The minimum absolute atomic E-state index is 0.194. The molecule has 0 aliphatic carbocycles. The summed E-state index contributed by atoms with van der Waals surface area (Å²) in [6.07, 6.45) is 3.09. The van der Waals surface area contributed by atoms with Gasteiger partial charge in [-0.2, -0.15) is 0 Å². The number of benzene rings is 1. The van der Waals surface area contributed by atoms with Gasteiger partial charge >= 0.3 is 0 Å². The van der Waals surface area contributed by atoms with Crippen molar-refractivity contribution in [3.05, 3.63) is 53.9 Å². The summed E-state index contributed by atoms with van der Waals surface area (Å²) in [5, 5.41) is 8.61. The minimum Gasteiger partial charge on any atom is -0.350 e. The van der Waals surface area contributed by atoms with E-state index in [1.165, 1.54) is 18.3 Å². The van der Waals surface area contributed by atoms with Crippen LogP contribution in [0.3, 0.4) is 0 Å². The SMILES string of the molecule is CC(=O)Nc1nc2ccc(C(=O)NCCNC(=O)c3ccncc3)cc2s1. The maximum absolute atomic E-state index is 12.3. The number of thiazole rings is 1. The van der Waals surface area contributed by atoms with Gasteiger partial charge in [0.25, 0.3) is 11.8 Å². The number of nitrogens with zero attached hydrogens (tertiary/aromatic N) is 2. The van der Waals surface area contributed by atoms with Gasteiger partial charge in [0.15, 0.2) is 5.13 Å². The summed E-state index contributed by atoms with van der Waals surface area (Å²) in [7, 11) is 0. The van der Waals surface area contributed by atoms with Crippen molar-refractivity contribution in [1.29, 1.82) is 0 Å². The van der Waals surface area contributed by atoms with Crippen LogP contribution in [0.25, 0.3) is 10.2 Å². The van der Waals surface area contributed by atoms with Crippen LogP contribution in [0.4, 0.5) is 5.13 Å². The van der Waals surface area contributed by atoms with E-state index in [2.05, 4.69) is 25.9 Å². The van der Waals surface area contributed by atoms with Crippen LogP contribution in [0.5, 0.6) is 0 Å². The third-order valence-corrected chi connectivity index (χ3v) is 4.51. The first kappa shape index (κ1) is 18.5. The zero-order valence-corrected chi connectivity index (χ0v) is 15.3. The van der Waals surface area contributed by atoms with Gasteiger partial charge < -0.3 is 16.0 Å². The highest BCUT2D eigenvalue weighted by molar-refractivity contribution is 7.22. The van der Waals surface area contributed by atoms with Crippen molar-refractivity contribution in [1.82, 2.24) is 20.6 Å². The van der Waals surface area contributed by atoms with E-state index < -0.39 is 0 Å². The molecule has 8 nitrogen and oxygen atoms in total. The summed E-state index contributed by atoms with van der Waals surface area (Å²) in [5.74, 6) is -0.659. The first-order valence-corrected chi connectivity index (χ1v) is 8.99. The van der Waals surface area contributed by atoms with Crippen molar-refractivity contribution < 1.29 is 14.4 Å². The maximum atomic E-state index is 12.3. The first-order chi connectivity index (χ1) is 13.0. The standard InChI is InChI=1S/C18H17N5O3S/c1-11(24)22-18-23-14-3-2-13(10-15(14)27-18)17(26)21-9-8-20-16(25)12-4-6-19-7-5-12/h2-7,10H,8-9H2,1H3,(H,20,25)(H,21,26)(H,22,23,24). The number of aromatic nitrogens is 2. The lowest BCUT2D eigenvalue weighted by Crippen LogP contribution is -2.34. The number of carbonyl (C=O) groups excluding carboxylic acids is 3. The van der Waals surface area contributed by atoms with Crippen LogP contribution in [-0.2, 0) is 4.79 Å². The number of carbonyl (C=O) groups is 3. The quantitative estimate of drug-likeness (QED) is 0.562. The third-order valence-electron chi connectivity index (χ3n) is 3.57. The molecule has 0 aliphatic heterocycles. The Morgan fingerprint density at radius 1 is 0.963 bits per heavy atom. The number of hydrogen-bond donors (Lipinski definition) is 3. The third kappa shape index (κ3) is 4.85. The molecule has 0 saturated heterocycles. The lowest BCUT2D eigenvalue weighted by molar-refractivity contribution is -0.114. The van der Waals surface area contributed by atoms with E-state index in [0.717, 1.165) is 4.70 Å². The summed E-state index contributed by atoms with van der Waals surface area (Å²) in [6.45, 7) is 2.02. The zero-order chi connectivity index (χ0) is 19.2. The van der Waals surface area contributed by atoms with E-state index >= 15 is 0 Å². The zero-order valence-electron chi connectivity index (χ0n) is 14.5. The van der Waals surface area contributed by atoms with Gasteiger partial charge in [0, 0.05) is 43.5 Å². The number of rotatable bonds is 6. The number of pyridine rings is 1. The second kappa shape index (κ2) is 8.37. The number of hydrogen-bond acceptors (Lipinski definition) is 6. The van der Waals surface area contributed by atoms with Gasteiger partial charge in [-0.25, -0.2) is 4.98 Å². The van der Waals surface area contributed by atoms with Crippen molar-refractivity contribution >= 4 is 44.4 Å². The second-order valence-corrected chi connectivity index (χ2v) is 6.66. The Morgan fingerprint density at radius 2 is 1.63 bits per heavy atom. The number of nitrogens with one attached hydrogen (secondary N) is 3. The number of fused-ring (bicyclic) bond motifs is 1. The Morgan fingerprint density at radius 3 is 2.30 bits per heavy atom. The Labute approximate surface area is 159 Å². The predicted molar refractivity (Wildman–Crippen MR) is 103 cm³/mol. The molecule has 2 heterocycles. The van der Waals surface area contributed by atoms with Crippen LogP contribution in [0.2, 0.25) is 0 Å². The minimum atomic E-state index is -0.246. The topological polar surface area (TPSA) is 113 Å². The van der Waals surface area contributed by atoms with Gasteiger partial charge in [-0.1, -0.05) is 11.3 Å². The van der Waals surface area contributed by atoms with Gasteiger partial charge in [0.1, 0.15) is 0 Å². The first-order valence-electron chi connectivity index (χ1n) is 8.17. The van der Waals surface area contributed by atoms with Gasteiger partial charge in [-0.05, 0) is 30.3 Å². The molecule has 2 aromatic heterocycles. The molecule has 9 heteroatoms. The fraction of sp³-hybridized carbons (Fsp3) is 0.167. The van der Waals surface area contributed by atoms with Crippen LogP contribution in [0.1, 0.15) is 27.6 Å². The molecule has 0 atom stereocenters. The Hall–Kier alpha value is -3.33. The van der Waals surface area contributed by atoms with Crippen LogP contribution in [0.15, 0.2) is 42.7 Å². The lowest BCUT2D eigenvalue weighted by atomic mass is 10.2. The van der Waals surface area contributed by atoms with Crippen LogP contribution in [-0.4, -0.2) is 40.8 Å². The van der Waals surface area contributed by atoms with Crippen molar-refractivity contribution in [2.75, 3.05) is 18.4 Å². The van der Waals surface area contributed by atoms with Crippen molar-refractivity contribution in [2.24, 2.45) is 0 Å². The van der Waals surface area contributed by atoms with E-state index in [0.29, 0.717) is 34.9 Å². The van der Waals surface area contributed by atoms with Crippen molar-refractivity contribution in [3.8, 4) is 0 Å². The van der Waals surface area contributed by atoms with Gasteiger partial charge in [-0.3, -0.25) is 19.4 Å². The fourth-order valence-corrected chi connectivity index (χ4v) is 3.28. The highest BCUT2D eigenvalue weighted by Crippen LogP contribution is 2.26. The van der Waals surface area contributed by atoms with E-state index in [-0.39, 0.29) is 17.7 Å². The molecule has 0 spiro atoms. The Balaban J connectivity index is 1.53. The van der Waals surface area contributed by atoms with E-state index in [1.54, 1.807) is 42.7 Å². The molecule has 0 fully saturated rings. The smallest absolute Gasteiger partial charge is 0.251 e. The molecule has 3 amide bonds. The van der Waals surface area contributed by atoms with E-state index in [9.17, 15) is 14.4 Å². The summed E-state index contributed by atoms with van der Waals surface area (Å²) >= 11 is 1.30. The fourth-order valence-electron chi connectivity index (χ4n) is 2.33. The molecule has 0 bridgehead atoms. The van der Waals surface area contributed by atoms with Crippen molar-refractivity contribution in [2.45, 2.75) is 6.92 Å². The van der Waals surface area contributed by atoms with Crippen LogP contribution < -0.4 is 16.0 Å². The Bertz CT molecular complexity index is 987. The predicted octanol–water partition coefficient (Wildman–Crippen LogP) is 1.81. The molecule has 3 rings (SSSR count). The molecular formula is C18H17N5O3S. The highest BCUT2D eigenvalue weighted by Gasteiger charge is 2.10. The molecule has 3 aromatic rings. The summed E-state index contributed by atoms with van der Waals surface area (Å²) in [5.41, 5.74) is 1.72. The van der Waals surface area contributed by atoms with Crippen LogP contribution >= 0.6 is 11.3 Å². The van der Waals surface area contributed by atoms with Gasteiger partial charge in [0.05, 0.1) is 10.2 Å².